The van der Waals surface area contributed by atoms with E-state index in [0.29, 0.717) is 19.6 Å². The monoisotopic (exact) mass is 271 g/mol. The molecule has 1 aliphatic heterocycles. The Balaban J connectivity index is 1.99. The van der Waals surface area contributed by atoms with Gasteiger partial charge in [-0.15, -0.1) is 0 Å². The molecule has 3 rings (SSSR count). The van der Waals surface area contributed by atoms with E-state index >= 15 is 0 Å². The number of nitrogens with one attached hydrogen (secondary N) is 1. The van der Waals surface area contributed by atoms with Crippen molar-refractivity contribution in [3.05, 3.63) is 35.5 Å². The maximum Gasteiger partial charge on any atom is 0.164 e. The minimum Gasteiger partial charge on any atom is -0.486 e. The van der Waals surface area contributed by atoms with Crippen LogP contribution in [0, 0.1) is 6.92 Å². The van der Waals surface area contributed by atoms with Gasteiger partial charge in [-0.2, -0.15) is 0 Å². The number of aromatic amines is 1. The van der Waals surface area contributed by atoms with E-state index in [9.17, 15) is 4.79 Å². The second-order valence-corrected chi connectivity index (χ2v) is 4.86. The van der Waals surface area contributed by atoms with Gasteiger partial charge in [0.05, 0.1) is 0 Å². The number of Topliss-reactive ketones (excluding diaryl/α,β-unsaturated/α-hetero) is 1. The molecule has 4 heteroatoms. The van der Waals surface area contributed by atoms with Gasteiger partial charge in [0.2, 0.25) is 0 Å². The minimum absolute atomic E-state index is 0.155. The van der Waals surface area contributed by atoms with Crippen LogP contribution < -0.4 is 9.47 Å². The molecule has 0 atom stereocenters. The number of ether oxygens (including phenoxy) is 2. The molecular weight excluding hydrogens is 254 g/mol. The Bertz CT molecular complexity index is 658. The Morgan fingerprint density at radius 2 is 1.95 bits per heavy atom. The van der Waals surface area contributed by atoms with Gasteiger partial charge in [0.25, 0.3) is 0 Å². The van der Waals surface area contributed by atoms with Crippen molar-refractivity contribution in [1.82, 2.24) is 4.98 Å². The molecule has 0 bridgehead atoms. The average molecular weight is 271 g/mol. The van der Waals surface area contributed by atoms with Crippen LogP contribution in [-0.4, -0.2) is 24.0 Å². The summed E-state index contributed by atoms with van der Waals surface area (Å²) >= 11 is 0. The molecule has 0 unspecified atom stereocenters. The smallest absolute Gasteiger partial charge is 0.164 e. The van der Waals surface area contributed by atoms with Crippen molar-refractivity contribution in [3.8, 4) is 22.8 Å². The van der Waals surface area contributed by atoms with Gasteiger partial charge in [-0.05, 0) is 31.2 Å². The molecule has 0 aliphatic carbocycles. The number of hydrogen-bond acceptors (Lipinski definition) is 3. The van der Waals surface area contributed by atoms with Crippen molar-refractivity contribution in [2.45, 2.75) is 20.3 Å². The lowest BCUT2D eigenvalue weighted by atomic mass is 10.1. The zero-order valence-electron chi connectivity index (χ0n) is 11.7. The molecule has 0 radical (unpaired) electrons. The van der Waals surface area contributed by atoms with Crippen LogP contribution in [0.2, 0.25) is 0 Å². The van der Waals surface area contributed by atoms with Gasteiger partial charge in [-0.3, -0.25) is 4.79 Å². The lowest BCUT2D eigenvalue weighted by Crippen LogP contribution is -2.15. The molecule has 4 nitrogen and oxygen atoms in total. The maximum atomic E-state index is 11.8. The highest BCUT2D eigenvalue weighted by Crippen LogP contribution is 2.34. The van der Waals surface area contributed by atoms with Crippen molar-refractivity contribution in [2.24, 2.45) is 0 Å². The number of benzene rings is 1. The number of carbonyl (C=O) groups excluding carboxylic acids is 1. The number of rotatable bonds is 3. The molecule has 20 heavy (non-hydrogen) atoms. The van der Waals surface area contributed by atoms with Crippen LogP contribution in [0.15, 0.2) is 24.3 Å². The van der Waals surface area contributed by atoms with Gasteiger partial charge in [0, 0.05) is 28.9 Å². The first-order valence-electron chi connectivity index (χ1n) is 6.82. The van der Waals surface area contributed by atoms with Crippen LogP contribution in [0.4, 0.5) is 0 Å². The molecule has 2 heterocycles. The largest absolute Gasteiger partial charge is 0.486 e. The maximum absolute atomic E-state index is 11.8. The lowest BCUT2D eigenvalue weighted by molar-refractivity contribution is 0.0987. The summed E-state index contributed by atoms with van der Waals surface area (Å²) in [5.41, 5.74) is 3.59. The number of ketones is 1. The molecule has 1 aromatic heterocycles. The summed E-state index contributed by atoms with van der Waals surface area (Å²) in [6.07, 6.45) is 0.513. The van der Waals surface area contributed by atoms with E-state index in [1.165, 1.54) is 0 Å². The summed E-state index contributed by atoms with van der Waals surface area (Å²) in [7, 11) is 0. The number of aryl methyl sites for hydroxylation is 1. The SMILES string of the molecule is CCC(=O)c1cc(-c2ccc3c(c2)OCCO3)[nH]c1C. The second kappa shape index (κ2) is 5.04. The Morgan fingerprint density at radius 1 is 1.20 bits per heavy atom. The van der Waals surface area contributed by atoms with Crippen LogP contribution in [0.1, 0.15) is 29.4 Å². The average Bonchev–Trinajstić information content (AvgIpc) is 2.88. The van der Waals surface area contributed by atoms with Gasteiger partial charge >= 0.3 is 0 Å². The van der Waals surface area contributed by atoms with Crippen molar-refractivity contribution >= 4 is 5.78 Å². The summed E-state index contributed by atoms with van der Waals surface area (Å²) in [6.45, 7) is 4.95. The normalized spacial score (nSPS) is 13.3. The van der Waals surface area contributed by atoms with E-state index in [-0.39, 0.29) is 5.78 Å². The van der Waals surface area contributed by atoms with Crippen LogP contribution in [0.5, 0.6) is 11.5 Å². The summed E-state index contributed by atoms with van der Waals surface area (Å²) in [4.78, 5) is 15.1. The molecule has 104 valence electrons. The number of fused-ring (bicyclic) bond motifs is 1. The summed E-state index contributed by atoms with van der Waals surface area (Å²) in [5, 5.41) is 0. The molecule has 0 fully saturated rings. The van der Waals surface area contributed by atoms with Gasteiger partial charge < -0.3 is 14.5 Å². The zero-order valence-corrected chi connectivity index (χ0v) is 11.7. The van der Waals surface area contributed by atoms with Crippen LogP contribution in [0.3, 0.4) is 0 Å². The molecule has 0 saturated heterocycles. The highest BCUT2D eigenvalue weighted by Gasteiger charge is 2.15. The molecule has 1 aromatic carbocycles. The topological polar surface area (TPSA) is 51.3 Å². The number of hydrogen-bond donors (Lipinski definition) is 1. The third-order valence-electron chi connectivity index (χ3n) is 3.49. The van der Waals surface area contributed by atoms with Gasteiger partial charge in [0.1, 0.15) is 13.2 Å². The van der Waals surface area contributed by atoms with Crippen LogP contribution in [-0.2, 0) is 0 Å². The highest BCUT2D eigenvalue weighted by molar-refractivity contribution is 5.98. The molecule has 2 aromatic rings. The third-order valence-corrected chi connectivity index (χ3v) is 3.49. The molecule has 0 amide bonds. The summed E-state index contributed by atoms with van der Waals surface area (Å²) < 4.78 is 11.1. The predicted octanol–water partition coefficient (Wildman–Crippen LogP) is 3.35. The second-order valence-electron chi connectivity index (χ2n) is 4.86. The zero-order chi connectivity index (χ0) is 14.1. The van der Waals surface area contributed by atoms with Crippen LogP contribution in [0.25, 0.3) is 11.3 Å². The van der Waals surface area contributed by atoms with Crippen molar-refractivity contribution < 1.29 is 14.3 Å². The standard InChI is InChI=1S/C16H17NO3/c1-3-14(18)12-9-13(17-10(12)2)11-4-5-15-16(8-11)20-7-6-19-15/h4-5,8-9,17H,3,6-7H2,1-2H3. The van der Waals surface area contributed by atoms with Gasteiger partial charge in [0.15, 0.2) is 17.3 Å². The fraction of sp³-hybridized carbons (Fsp3) is 0.312. The first kappa shape index (κ1) is 12.8. The Hall–Kier alpha value is -2.23. The van der Waals surface area contributed by atoms with Crippen molar-refractivity contribution in [3.63, 3.8) is 0 Å². The molecule has 1 aliphatic rings. The van der Waals surface area contributed by atoms with Crippen molar-refractivity contribution in [1.29, 1.82) is 0 Å². The van der Waals surface area contributed by atoms with Gasteiger partial charge in [-0.1, -0.05) is 6.92 Å². The summed E-state index contributed by atoms with van der Waals surface area (Å²) in [5.74, 6) is 1.68. The van der Waals surface area contributed by atoms with E-state index in [1.807, 2.05) is 38.1 Å². The van der Waals surface area contributed by atoms with Gasteiger partial charge in [-0.25, -0.2) is 0 Å². The fourth-order valence-electron chi connectivity index (χ4n) is 2.40. The molecule has 0 saturated carbocycles. The van der Waals surface area contributed by atoms with E-state index in [2.05, 4.69) is 4.98 Å². The third kappa shape index (κ3) is 2.18. The minimum atomic E-state index is 0.155. The lowest BCUT2D eigenvalue weighted by Gasteiger charge is -2.18. The molecular formula is C16H17NO3. The predicted molar refractivity (Wildman–Crippen MR) is 76.6 cm³/mol. The fourth-order valence-corrected chi connectivity index (χ4v) is 2.40. The Labute approximate surface area is 117 Å². The van der Waals surface area contributed by atoms with E-state index in [4.69, 9.17) is 9.47 Å². The first-order valence-corrected chi connectivity index (χ1v) is 6.82. The number of aromatic nitrogens is 1. The van der Waals surface area contributed by atoms with E-state index in [0.717, 1.165) is 34.0 Å². The molecule has 1 N–H and O–H groups in total. The quantitative estimate of drug-likeness (QED) is 0.871. The van der Waals surface area contributed by atoms with E-state index < -0.39 is 0 Å². The Kier molecular flexibility index (Phi) is 3.22. The highest BCUT2D eigenvalue weighted by atomic mass is 16.6. The van der Waals surface area contributed by atoms with Crippen LogP contribution >= 0.6 is 0 Å². The van der Waals surface area contributed by atoms with Crippen molar-refractivity contribution in [2.75, 3.05) is 13.2 Å². The first-order chi connectivity index (χ1) is 9.69. The number of H-pyrrole nitrogens is 1. The number of carbonyl (C=O) groups is 1. The Morgan fingerprint density at radius 3 is 2.70 bits per heavy atom. The van der Waals surface area contributed by atoms with E-state index in [1.54, 1.807) is 0 Å². The molecule has 0 spiro atoms. The summed E-state index contributed by atoms with van der Waals surface area (Å²) in [6, 6.07) is 7.73.